The molecule has 0 unspecified atom stereocenters. The highest BCUT2D eigenvalue weighted by Crippen LogP contribution is 2.46. The molecule has 6 nitrogen and oxygen atoms in total. The Balaban J connectivity index is 1.23. The van der Waals surface area contributed by atoms with Gasteiger partial charge in [-0.1, -0.05) is 12.5 Å². The van der Waals surface area contributed by atoms with Crippen LogP contribution in [0.5, 0.6) is 17.2 Å². The molecule has 1 spiro atoms. The lowest BCUT2D eigenvalue weighted by molar-refractivity contribution is -0.105. The SMILES string of the molecule is O=C(Nc1ccc2c(c1)OC1(CCCCC1)O2)c1cccc(OC[C@@H]2CCCO2)c1. The van der Waals surface area contributed by atoms with Crippen molar-refractivity contribution in [2.45, 2.75) is 56.8 Å². The molecule has 2 aromatic rings. The van der Waals surface area contributed by atoms with Gasteiger partial charge in [0.05, 0.1) is 6.10 Å². The summed E-state index contributed by atoms with van der Waals surface area (Å²) in [6, 6.07) is 12.8. The lowest BCUT2D eigenvalue weighted by atomic mass is 9.94. The Morgan fingerprint density at radius 1 is 1.03 bits per heavy atom. The Morgan fingerprint density at radius 3 is 2.73 bits per heavy atom. The van der Waals surface area contributed by atoms with Crippen molar-refractivity contribution < 1.29 is 23.7 Å². The van der Waals surface area contributed by atoms with E-state index < -0.39 is 5.79 Å². The molecule has 1 atom stereocenters. The van der Waals surface area contributed by atoms with Gasteiger partial charge in [-0.25, -0.2) is 0 Å². The number of carbonyl (C=O) groups excluding carboxylic acids is 1. The number of rotatable bonds is 5. The molecule has 1 amide bonds. The van der Waals surface area contributed by atoms with Crippen LogP contribution in [0.3, 0.4) is 0 Å². The quantitative estimate of drug-likeness (QED) is 0.759. The molecule has 5 rings (SSSR count). The molecular formula is C24H27NO5. The summed E-state index contributed by atoms with van der Waals surface area (Å²) >= 11 is 0. The summed E-state index contributed by atoms with van der Waals surface area (Å²) in [4.78, 5) is 12.8. The third kappa shape index (κ3) is 4.10. The molecule has 2 aliphatic heterocycles. The Labute approximate surface area is 176 Å². The molecule has 0 bridgehead atoms. The molecule has 3 aliphatic rings. The van der Waals surface area contributed by atoms with Crippen LogP contribution in [0.2, 0.25) is 0 Å². The number of anilines is 1. The molecule has 2 fully saturated rings. The van der Waals surface area contributed by atoms with Gasteiger partial charge >= 0.3 is 0 Å². The van der Waals surface area contributed by atoms with E-state index in [9.17, 15) is 4.79 Å². The van der Waals surface area contributed by atoms with E-state index in [1.807, 2.05) is 30.3 Å². The third-order valence-corrected chi connectivity index (χ3v) is 5.96. The van der Waals surface area contributed by atoms with Crippen molar-refractivity contribution in [1.29, 1.82) is 0 Å². The maximum Gasteiger partial charge on any atom is 0.255 e. The van der Waals surface area contributed by atoms with Gasteiger partial charge < -0.3 is 24.3 Å². The zero-order valence-corrected chi connectivity index (χ0v) is 17.0. The molecule has 30 heavy (non-hydrogen) atoms. The summed E-state index contributed by atoms with van der Waals surface area (Å²) in [5.74, 6) is 1.41. The predicted molar refractivity (Wildman–Crippen MR) is 112 cm³/mol. The van der Waals surface area contributed by atoms with Crippen molar-refractivity contribution in [3.63, 3.8) is 0 Å². The van der Waals surface area contributed by atoms with Crippen LogP contribution in [0, 0.1) is 0 Å². The van der Waals surface area contributed by atoms with Gasteiger partial charge in [-0.05, 0) is 56.0 Å². The minimum absolute atomic E-state index is 0.142. The first-order valence-corrected chi connectivity index (χ1v) is 10.9. The van der Waals surface area contributed by atoms with Crippen molar-refractivity contribution in [2.75, 3.05) is 18.5 Å². The number of fused-ring (bicyclic) bond motifs is 1. The van der Waals surface area contributed by atoms with E-state index >= 15 is 0 Å². The monoisotopic (exact) mass is 409 g/mol. The third-order valence-electron chi connectivity index (χ3n) is 5.96. The maximum absolute atomic E-state index is 12.8. The van der Waals surface area contributed by atoms with Crippen LogP contribution in [-0.4, -0.2) is 31.0 Å². The van der Waals surface area contributed by atoms with Crippen LogP contribution < -0.4 is 19.5 Å². The first-order valence-electron chi connectivity index (χ1n) is 10.9. The van der Waals surface area contributed by atoms with Crippen LogP contribution in [0.15, 0.2) is 42.5 Å². The van der Waals surface area contributed by atoms with E-state index in [4.69, 9.17) is 18.9 Å². The van der Waals surface area contributed by atoms with Crippen LogP contribution in [0.4, 0.5) is 5.69 Å². The Bertz CT molecular complexity index is 916. The van der Waals surface area contributed by atoms with Gasteiger partial charge in [-0.3, -0.25) is 4.79 Å². The smallest absolute Gasteiger partial charge is 0.255 e. The van der Waals surface area contributed by atoms with E-state index in [0.29, 0.717) is 29.4 Å². The fourth-order valence-electron chi connectivity index (χ4n) is 4.36. The average molecular weight is 409 g/mol. The largest absolute Gasteiger partial charge is 0.491 e. The second-order valence-corrected chi connectivity index (χ2v) is 8.26. The summed E-state index contributed by atoms with van der Waals surface area (Å²) in [5.41, 5.74) is 1.22. The van der Waals surface area contributed by atoms with E-state index in [1.54, 1.807) is 12.1 Å². The van der Waals surface area contributed by atoms with Gasteiger partial charge in [0.1, 0.15) is 12.4 Å². The molecule has 1 aliphatic carbocycles. The molecule has 1 N–H and O–H groups in total. The predicted octanol–water partition coefficient (Wildman–Crippen LogP) is 4.93. The number of nitrogens with one attached hydrogen (secondary N) is 1. The number of benzene rings is 2. The van der Waals surface area contributed by atoms with Crippen LogP contribution >= 0.6 is 0 Å². The lowest BCUT2D eigenvalue weighted by Crippen LogP contribution is -2.40. The molecule has 6 heteroatoms. The summed E-state index contributed by atoms with van der Waals surface area (Å²) in [5, 5.41) is 2.95. The first kappa shape index (κ1) is 19.2. The standard InChI is InChI=1S/C24H27NO5/c26-23(17-6-4-7-19(14-17)28-16-20-8-5-13-27-20)25-18-9-10-21-22(15-18)30-24(29-21)11-2-1-3-12-24/h4,6-7,9-10,14-15,20H,1-3,5,8,11-13,16H2,(H,25,26)/t20-/m0/s1. The number of hydrogen-bond acceptors (Lipinski definition) is 5. The fraction of sp³-hybridized carbons (Fsp3) is 0.458. The van der Waals surface area contributed by atoms with Gasteiger partial charge in [0.2, 0.25) is 0 Å². The van der Waals surface area contributed by atoms with Crippen molar-refractivity contribution in [3.8, 4) is 17.2 Å². The van der Waals surface area contributed by atoms with Crippen molar-refractivity contribution in [2.24, 2.45) is 0 Å². The van der Waals surface area contributed by atoms with Crippen LogP contribution in [-0.2, 0) is 4.74 Å². The van der Waals surface area contributed by atoms with Gasteiger partial charge in [0, 0.05) is 36.8 Å². The highest BCUT2D eigenvalue weighted by molar-refractivity contribution is 6.04. The molecule has 1 saturated heterocycles. The second kappa shape index (κ2) is 8.19. The van der Waals surface area contributed by atoms with Gasteiger partial charge in [-0.15, -0.1) is 0 Å². The highest BCUT2D eigenvalue weighted by atomic mass is 16.7. The number of carbonyl (C=O) groups is 1. The Kier molecular flexibility index (Phi) is 5.25. The number of hydrogen-bond donors (Lipinski definition) is 1. The number of amides is 1. The van der Waals surface area contributed by atoms with E-state index in [0.717, 1.165) is 50.9 Å². The number of ether oxygens (including phenoxy) is 4. The van der Waals surface area contributed by atoms with E-state index in [1.165, 1.54) is 6.42 Å². The van der Waals surface area contributed by atoms with Crippen molar-refractivity contribution in [1.82, 2.24) is 0 Å². The topological polar surface area (TPSA) is 66.0 Å². The van der Waals surface area contributed by atoms with Gasteiger partial charge in [-0.2, -0.15) is 0 Å². The average Bonchev–Trinajstić information content (AvgIpc) is 3.40. The van der Waals surface area contributed by atoms with Crippen LogP contribution in [0.1, 0.15) is 55.3 Å². The van der Waals surface area contributed by atoms with Crippen LogP contribution in [0.25, 0.3) is 0 Å². The zero-order valence-electron chi connectivity index (χ0n) is 17.0. The Morgan fingerprint density at radius 2 is 1.90 bits per heavy atom. The minimum atomic E-state index is -0.516. The molecule has 2 aromatic carbocycles. The summed E-state index contributed by atoms with van der Waals surface area (Å²) in [7, 11) is 0. The first-order chi connectivity index (χ1) is 14.7. The van der Waals surface area contributed by atoms with Crippen molar-refractivity contribution in [3.05, 3.63) is 48.0 Å². The molecule has 0 aromatic heterocycles. The Hall–Kier alpha value is -2.73. The molecule has 0 radical (unpaired) electrons. The van der Waals surface area contributed by atoms with Crippen molar-refractivity contribution >= 4 is 11.6 Å². The summed E-state index contributed by atoms with van der Waals surface area (Å²) < 4.78 is 23.7. The molecular weight excluding hydrogens is 382 g/mol. The summed E-state index contributed by atoms with van der Waals surface area (Å²) in [6.07, 6.45) is 7.50. The summed E-state index contributed by atoms with van der Waals surface area (Å²) in [6.45, 7) is 1.31. The molecule has 1 saturated carbocycles. The second-order valence-electron chi connectivity index (χ2n) is 8.26. The minimum Gasteiger partial charge on any atom is -0.491 e. The molecule has 158 valence electrons. The normalized spacial score (nSPS) is 21.5. The highest BCUT2D eigenvalue weighted by Gasteiger charge is 2.42. The lowest BCUT2D eigenvalue weighted by Gasteiger charge is -2.31. The molecule has 2 heterocycles. The zero-order chi connectivity index (χ0) is 20.4. The van der Waals surface area contributed by atoms with Gasteiger partial charge in [0.15, 0.2) is 11.5 Å². The van der Waals surface area contributed by atoms with E-state index in [2.05, 4.69) is 5.32 Å². The fourth-order valence-corrected chi connectivity index (χ4v) is 4.36. The van der Waals surface area contributed by atoms with E-state index in [-0.39, 0.29) is 12.0 Å². The van der Waals surface area contributed by atoms with Gasteiger partial charge in [0.25, 0.3) is 11.7 Å². The maximum atomic E-state index is 12.8.